The molecule has 2 aliphatic heterocycles. The van der Waals surface area contributed by atoms with Crippen LogP contribution in [0.2, 0.25) is 5.02 Å². The third-order valence-corrected chi connectivity index (χ3v) is 6.97. The minimum absolute atomic E-state index is 0.0674. The van der Waals surface area contributed by atoms with Gasteiger partial charge in [0.2, 0.25) is 5.78 Å². The minimum Gasteiger partial charge on any atom is -0.367 e. The summed E-state index contributed by atoms with van der Waals surface area (Å²) in [5, 5.41) is 5.77. The molecule has 4 N–H and O–H groups in total. The highest BCUT2D eigenvalue weighted by Crippen LogP contribution is 2.45. The number of carbonyl (C=O) groups excluding carboxylic acids is 2. The molecule has 1 amide bonds. The first-order valence-electron chi connectivity index (χ1n) is 10.5. The highest BCUT2D eigenvalue weighted by atomic mass is 35.5. The van der Waals surface area contributed by atoms with Crippen LogP contribution in [-0.4, -0.2) is 41.8 Å². The number of ketones is 1. The number of hydrogen-bond acceptors (Lipinski definition) is 4. The Morgan fingerprint density at radius 2 is 2.13 bits per heavy atom. The van der Waals surface area contributed by atoms with Gasteiger partial charge in [0.15, 0.2) is 0 Å². The summed E-state index contributed by atoms with van der Waals surface area (Å²) in [4.78, 5) is 30.7. The molecule has 0 bridgehead atoms. The van der Waals surface area contributed by atoms with E-state index in [-0.39, 0.29) is 11.7 Å². The van der Waals surface area contributed by atoms with E-state index in [1.54, 1.807) is 13.0 Å². The van der Waals surface area contributed by atoms with Gasteiger partial charge in [0.25, 0.3) is 5.91 Å². The van der Waals surface area contributed by atoms with Crippen molar-refractivity contribution in [2.75, 3.05) is 24.5 Å². The maximum Gasteiger partial charge on any atom is 0.250 e. The van der Waals surface area contributed by atoms with E-state index < -0.39 is 11.4 Å². The molecular weight excluding hydrogens is 412 g/mol. The fourth-order valence-electron chi connectivity index (χ4n) is 5.33. The molecule has 1 aromatic heterocycles. The zero-order chi connectivity index (χ0) is 21.8. The Balaban J connectivity index is 1.73. The van der Waals surface area contributed by atoms with Crippen molar-refractivity contribution in [3.63, 3.8) is 0 Å². The van der Waals surface area contributed by atoms with Gasteiger partial charge in [-0.15, -0.1) is 0 Å². The van der Waals surface area contributed by atoms with Crippen LogP contribution in [0.1, 0.15) is 30.1 Å². The second-order valence-electron chi connectivity index (χ2n) is 8.36. The average Bonchev–Trinajstić information content (AvgIpc) is 3.33. The van der Waals surface area contributed by atoms with Crippen molar-refractivity contribution in [1.29, 1.82) is 0 Å². The summed E-state index contributed by atoms with van der Waals surface area (Å²) in [5.41, 5.74) is 7.72. The van der Waals surface area contributed by atoms with Crippen LogP contribution in [0.4, 0.5) is 5.69 Å². The summed E-state index contributed by atoms with van der Waals surface area (Å²) in [6.45, 7) is 3.65. The van der Waals surface area contributed by atoms with Crippen molar-refractivity contribution < 1.29 is 9.59 Å². The number of carbonyl (C=O) groups is 2. The molecule has 3 heterocycles. The first-order chi connectivity index (χ1) is 15.0. The third kappa shape index (κ3) is 2.92. The van der Waals surface area contributed by atoms with Crippen molar-refractivity contribution in [2.45, 2.75) is 25.3 Å². The Bertz CT molecular complexity index is 1300. The van der Waals surface area contributed by atoms with Crippen molar-refractivity contribution in [3.05, 3.63) is 40.9 Å². The Morgan fingerprint density at radius 1 is 1.32 bits per heavy atom. The molecule has 31 heavy (non-hydrogen) atoms. The van der Waals surface area contributed by atoms with Gasteiger partial charge in [0.1, 0.15) is 5.54 Å². The fraction of sp³-hybridized carbons (Fsp3) is 0.333. The van der Waals surface area contributed by atoms with Crippen molar-refractivity contribution in [2.24, 2.45) is 11.7 Å². The summed E-state index contributed by atoms with van der Waals surface area (Å²) >= 11 is 6.78. The summed E-state index contributed by atoms with van der Waals surface area (Å²) in [6.07, 6.45) is 1.97. The van der Waals surface area contributed by atoms with Gasteiger partial charge in [-0.2, -0.15) is 0 Å². The molecule has 2 unspecified atom stereocenters. The number of piperidine rings is 1. The molecule has 6 nitrogen and oxygen atoms in total. The zero-order valence-electron chi connectivity index (χ0n) is 17.2. The van der Waals surface area contributed by atoms with Crippen molar-refractivity contribution in [1.82, 2.24) is 10.3 Å². The van der Waals surface area contributed by atoms with Crippen LogP contribution in [0.5, 0.6) is 0 Å². The number of benzene rings is 2. The molecule has 0 aliphatic carbocycles. The van der Waals surface area contributed by atoms with Gasteiger partial charge in [0.05, 0.1) is 21.8 Å². The number of anilines is 1. The van der Waals surface area contributed by atoms with E-state index in [1.165, 1.54) is 0 Å². The SMILES string of the molecule is CC#CC(=O)C12CN(c3c(Cl)cc(C(N)=O)c4[nH]c5ccccc5c34)CC1CCCN2. The number of aromatic amines is 1. The molecule has 0 spiro atoms. The molecular formula is C24H23ClN4O2. The maximum absolute atomic E-state index is 13.1. The maximum atomic E-state index is 13.1. The Kier molecular flexibility index (Phi) is 4.69. The number of hydrogen-bond donors (Lipinski definition) is 3. The minimum atomic E-state index is -0.703. The number of nitrogens with one attached hydrogen (secondary N) is 2. The number of primary amides is 1. The van der Waals surface area contributed by atoms with Gasteiger partial charge in [-0.25, -0.2) is 0 Å². The third-order valence-electron chi connectivity index (χ3n) is 6.68. The van der Waals surface area contributed by atoms with Gasteiger partial charge in [-0.05, 0) is 44.4 Å². The van der Waals surface area contributed by atoms with Crippen LogP contribution in [-0.2, 0) is 4.79 Å². The Hall–Kier alpha value is -3.01. The van der Waals surface area contributed by atoms with Gasteiger partial charge in [-0.3, -0.25) is 9.59 Å². The Labute approximate surface area is 185 Å². The molecule has 2 saturated heterocycles. The predicted molar refractivity (Wildman–Crippen MR) is 123 cm³/mol. The summed E-state index contributed by atoms with van der Waals surface area (Å²) in [5.74, 6) is 5.08. The fourth-order valence-corrected chi connectivity index (χ4v) is 5.65. The smallest absolute Gasteiger partial charge is 0.250 e. The number of nitrogens with zero attached hydrogens (tertiary/aromatic N) is 1. The highest BCUT2D eigenvalue weighted by Gasteiger charge is 2.53. The number of aromatic nitrogens is 1. The van der Waals surface area contributed by atoms with E-state index in [4.69, 9.17) is 17.3 Å². The number of H-pyrrole nitrogens is 1. The molecule has 158 valence electrons. The molecule has 2 aromatic carbocycles. The van der Waals surface area contributed by atoms with Crippen LogP contribution < -0.4 is 16.0 Å². The Morgan fingerprint density at radius 3 is 2.90 bits per heavy atom. The zero-order valence-corrected chi connectivity index (χ0v) is 18.0. The number of amides is 1. The largest absolute Gasteiger partial charge is 0.367 e. The molecule has 0 radical (unpaired) electrons. The molecule has 2 atom stereocenters. The van der Waals surface area contributed by atoms with Gasteiger partial charge in [0, 0.05) is 35.3 Å². The van der Waals surface area contributed by atoms with Crippen molar-refractivity contribution in [3.8, 4) is 11.8 Å². The van der Waals surface area contributed by atoms with Crippen molar-refractivity contribution >= 4 is 50.8 Å². The quantitative estimate of drug-likeness (QED) is 0.436. The lowest BCUT2D eigenvalue weighted by Gasteiger charge is -2.36. The molecule has 5 rings (SSSR count). The van der Waals surface area contributed by atoms with E-state index in [0.717, 1.165) is 41.4 Å². The van der Waals surface area contributed by atoms with E-state index in [1.807, 2.05) is 24.3 Å². The number of Topliss-reactive ketones (excluding diaryl/α,β-unsaturated/α-hetero) is 1. The normalized spacial score (nSPS) is 22.9. The van der Waals surface area contributed by atoms with Crippen LogP contribution in [0, 0.1) is 17.8 Å². The lowest BCUT2D eigenvalue weighted by molar-refractivity contribution is -0.121. The topological polar surface area (TPSA) is 91.2 Å². The van der Waals surface area contributed by atoms with E-state index in [9.17, 15) is 9.59 Å². The molecule has 0 saturated carbocycles. The molecule has 3 aromatic rings. The van der Waals surface area contributed by atoms with Crippen LogP contribution in [0.3, 0.4) is 0 Å². The number of halogens is 1. The summed E-state index contributed by atoms with van der Waals surface area (Å²) in [7, 11) is 0. The molecule has 7 heteroatoms. The van der Waals surface area contributed by atoms with E-state index in [0.29, 0.717) is 29.2 Å². The monoisotopic (exact) mass is 434 g/mol. The number of fused-ring (bicyclic) bond motifs is 4. The highest BCUT2D eigenvalue weighted by molar-refractivity contribution is 6.37. The summed E-state index contributed by atoms with van der Waals surface area (Å²) in [6, 6.07) is 9.49. The van der Waals surface area contributed by atoms with Gasteiger partial charge >= 0.3 is 0 Å². The van der Waals surface area contributed by atoms with E-state index >= 15 is 0 Å². The average molecular weight is 435 g/mol. The van der Waals surface area contributed by atoms with E-state index in [2.05, 4.69) is 27.0 Å². The number of rotatable bonds is 3. The second kappa shape index (κ2) is 7.30. The lowest BCUT2D eigenvalue weighted by atomic mass is 9.78. The first-order valence-corrected chi connectivity index (χ1v) is 10.8. The standard InChI is InChI=1S/C24H23ClN4O2/c1-2-6-19(30)24-13-29(12-14(24)7-5-10-27-24)22-17(25)11-16(23(26)31)21-20(22)15-8-3-4-9-18(15)28-21/h3-4,8-9,11,14,27-28H,5,7,10,12-13H2,1H3,(H2,26,31). The van der Waals surface area contributed by atoms with Gasteiger partial charge < -0.3 is 20.9 Å². The predicted octanol–water partition coefficient (Wildman–Crippen LogP) is 3.22. The van der Waals surface area contributed by atoms with Crippen LogP contribution in [0.25, 0.3) is 21.8 Å². The first kappa shape index (κ1) is 19.9. The van der Waals surface area contributed by atoms with Crippen LogP contribution in [0.15, 0.2) is 30.3 Å². The number of nitrogens with two attached hydrogens (primary N) is 1. The van der Waals surface area contributed by atoms with Crippen LogP contribution >= 0.6 is 11.6 Å². The van der Waals surface area contributed by atoms with Gasteiger partial charge in [-0.1, -0.05) is 35.7 Å². The summed E-state index contributed by atoms with van der Waals surface area (Å²) < 4.78 is 0. The second-order valence-corrected chi connectivity index (χ2v) is 8.77. The lowest BCUT2D eigenvalue weighted by Crippen LogP contribution is -2.60. The molecule has 2 aliphatic rings. The molecule has 2 fully saturated rings. The number of para-hydroxylation sites is 1.